The fourth-order valence-corrected chi connectivity index (χ4v) is 2.01. The Labute approximate surface area is 82.2 Å². The van der Waals surface area contributed by atoms with Gasteiger partial charge in [-0.15, -0.1) is 0 Å². The van der Waals surface area contributed by atoms with Crippen LogP contribution >= 0.6 is 0 Å². The summed E-state index contributed by atoms with van der Waals surface area (Å²) in [5.74, 6) is 0. The molecule has 2 aromatic rings. The molecule has 1 aromatic heterocycles. The number of benzene rings is 1. The molecule has 0 spiro atoms. The molecule has 70 valence electrons. The Kier molecular flexibility index (Phi) is 1.48. The van der Waals surface area contributed by atoms with E-state index in [0.29, 0.717) is 0 Å². The van der Waals surface area contributed by atoms with Gasteiger partial charge in [-0.1, -0.05) is 30.3 Å². The predicted molar refractivity (Wildman–Crippen MR) is 52.8 cm³/mol. The summed E-state index contributed by atoms with van der Waals surface area (Å²) in [4.78, 5) is 0. The monoisotopic (exact) mass is 185 g/mol. The molecule has 1 heterocycles. The highest BCUT2D eigenvalue weighted by Gasteiger charge is 2.47. The first-order valence-corrected chi connectivity index (χ1v) is 4.84. The second kappa shape index (κ2) is 2.67. The van der Waals surface area contributed by atoms with Crippen LogP contribution in [0.25, 0.3) is 0 Å². The molecular formula is C11H11N3. The molecule has 1 aliphatic rings. The molecule has 3 heteroatoms. The van der Waals surface area contributed by atoms with Crippen LogP contribution in [0.2, 0.25) is 0 Å². The van der Waals surface area contributed by atoms with Gasteiger partial charge in [0.05, 0.1) is 11.9 Å². The number of nitrogens with one attached hydrogen (secondary N) is 1. The largest absolute Gasteiger partial charge is 0.198 e. The second-order valence-electron chi connectivity index (χ2n) is 3.80. The molecule has 1 aromatic carbocycles. The van der Waals surface area contributed by atoms with Gasteiger partial charge in [0.25, 0.3) is 0 Å². The van der Waals surface area contributed by atoms with E-state index < -0.39 is 0 Å². The molecule has 0 aliphatic heterocycles. The first kappa shape index (κ1) is 7.74. The van der Waals surface area contributed by atoms with Crippen molar-refractivity contribution in [2.45, 2.75) is 18.3 Å². The van der Waals surface area contributed by atoms with Gasteiger partial charge in [0.1, 0.15) is 0 Å². The molecule has 0 atom stereocenters. The molecule has 0 unspecified atom stereocenters. The normalized spacial score (nSPS) is 18.0. The van der Waals surface area contributed by atoms with Gasteiger partial charge in [0, 0.05) is 5.41 Å². The third-order valence-corrected chi connectivity index (χ3v) is 2.98. The number of aromatic amines is 1. The van der Waals surface area contributed by atoms with Crippen LogP contribution in [-0.4, -0.2) is 15.4 Å². The molecule has 1 aliphatic carbocycles. The quantitative estimate of drug-likeness (QED) is 0.776. The Morgan fingerprint density at radius 2 is 1.93 bits per heavy atom. The topological polar surface area (TPSA) is 41.6 Å². The minimum Gasteiger partial charge on any atom is -0.198 e. The zero-order valence-electron chi connectivity index (χ0n) is 7.77. The van der Waals surface area contributed by atoms with Crippen LogP contribution < -0.4 is 0 Å². The Hall–Kier alpha value is -1.64. The van der Waals surface area contributed by atoms with E-state index in [-0.39, 0.29) is 5.41 Å². The maximum Gasteiger partial charge on any atom is 0.0930 e. The van der Waals surface area contributed by atoms with Crippen molar-refractivity contribution in [3.05, 3.63) is 47.8 Å². The minimum absolute atomic E-state index is 0.161. The Bertz CT molecular complexity index is 415. The van der Waals surface area contributed by atoms with Crippen molar-refractivity contribution < 1.29 is 0 Å². The fraction of sp³-hybridized carbons (Fsp3) is 0.273. The third-order valence-electron chi connectivity index (χ3n) is 2.98. The Morgan fingerprint density at radius 1 is 1.14 bits per heavy atom. The average Bonchev–Trinajstić information content (AvgIpc) is 2.88. The molecule has 1 fully saturated rings. The average molecular weight is 185 g/mol. The summed E-state index contributed by atoms with van der Waals surface area (Å²) < 4.78 is 0. The summed E-state index contributed by atoms with van der Waals surface area (Å²) >= 11 is 0. The molecule has 0 bridgehead atoms. The maximum atomic E-state index is 4.19. The van der Waals surface area contributed by atoms with E-state index in [1.54, 1.807) is 0 Å². The fourth-order valence-electron chi connectivity index (χ4n) is 2.01. The van der Waals surface area contributed by atoms with E-state index in [4.69, 9.17) is 0 Å². The lowest BCUT2D eigenvalue weighted by atomic mass is 9.93. The first-order chi connectivity index (χ1) is 6.92. The van der Waals surface area contributed by atoms with E-state index in [1.165, 1.54) is 18.4 Å². The summed E-state index contributed by atoms with van der Waals surface area (Å²) in [7, 11) is 0. The van der Waals surface area contributed by atoms with E-state index >= 15 is 0 Å². The summed E-state index contributed by atoms with van der Waals surface area (Å²) in [6.07, 6.45) is 4.20. The van der Waals surface area contributed by atoms with Crippen molar-refractivity contribution >= 4 is 0 Å². The molecule has 0 radical (unpaired) electrons. The van der Waals surface area contributed by atoms with Gasteiger partial charge in [-0.2, -0.15) is 15.4 Å². The molecule has 1 saturated carbocycles. The minimum atomic E-state index is 0.161. The number of H-pyrrole nitrogens is 1. The van der Waals surface area contributed by atoms with Crippen LogP contribution in [-0.2, 0) is 5.41 Å². The molecule has 3 nitrogen and oxygen atoms in total. The Balaban J connectivity index is 2.07. The van der Waals surface area contributed by atoms with Crippen LogP contribution in [0.1, 0.15) is 24.1 Å². The molecule has 3 rings (SSSR count). The van der Waals surface area contributed by atoms with Crippen LogP contribution in [0.3, 0.4) is 0 Å². The third kappa shape index (κ3) is 0.985. The van der Waals surface area contributed by atoms with E-state index in [0.717, 1.165) is 5.69 Å². The smallest absolute Gasteiger partial charge is 0.0930 e. The molecular weight excluding hydrogens is 174 g/mol. The van der Waals surface area contributed by atoms with Gasteiger partial charge >= 0.3 is 0 Å². The van der Waals surface area contributed by atoms with Crippen molar-refractivity contribution in [3.63, 3.8) is 0 Å². The molecule has 14 heavy (non-hydrogen) atoms. The summed E-state index contributed by atoms with van der Waals surface area (Å²) in [6, 6.07) is 10.5. The lowest BCUT2D eigenvalue weighted by Gasteiger charge is -2.11. The van der Waals surface area contributed by atoms with E-state index in [2.05, 4.69) is 39.7 Å². The zero-order chi connectivity index (χ0) is 9.43. The standard InChI is InChI=1S/C11H11N3/c1-2-4-9(5-3-1)11(6-7-11)10-8-12-14-13-10/h1-5,8H,6-7H2,(H,12,13,14). The molecule has 0 amide bonds. The lowest BCUT2D eigenvalue weighted by Crippen LogP contribution is -2.08. The van der Waals surface area contributed by atoms with Crippen molar-refractivity contribution in [1.29, 1.82) is 0 Å². The predicted octanol–water partition coefficient (Wildman–Crippen LogP) is 1.88. The van der Waals surface area contributed by atoms with Crippen molar-refractivity contribution in [2.75, 3.05) is 0 Å². The van der Waals surface area contributed by atoms with Gasteiger partial charge in [-0.3, -0.25) is 0 Å². The number of aromatic nitrogens is 3. The lowest BCUT2D eigenvalue weighted by molar-refractivity contribution is 0.787. The number of hydrogen-bond donors (Lipinski definition) is 1. The number of hydrogen-bond acceptors (Lipinski definition) is 2. The summed E-state index contributed by atoms with van der Waals surface area (Å²) in [5, 5.41) is 10.8. The van der Waals surface area contributed by atoms with Crippen LogP contribution in [0.5, 0.6) is 0 Å². The van der Waals surface area contributed by atoms with Crippen molar-refractivity contribution in [1.82, 2.24) is 15.4 Å². The van der Waals surface area contributed by atoms with Crippen LogP contribution in [0.4, 0.5) is 0 Å². The van der Waals surface area contributed by atoms with Gasteiger partial charge in [-0.05, 0) is 18.4 Å². The van der Waals surface area contributed by atoms with Crippen LogP contribution in [0, 0.1) is 0 Å². The highest BCUT2D eigenvalue weighted by atomic mass is 15.3. The van der Waals surface area contributed by atoms with E-state index in [9.17, 15) is 0 Å². The van der Waals surface area contributed by atoms with Gasteiger partial charge in [0.15, 0.2) is 0 Å². The number of rotatable bonds is 2. The van der Waals surface area contributed by atoms with Crippen molar-refractivity contribution in [2.24, 2.45) is 0 Å². The zero-order valence-corrected chi connectivity index (χ0v) is 7.77. The van der Waals surface area contributed by atoms with Gasteiger partial charge in [-0.25, -0.2) is 0 Å². The number of nitrogens with zero attached hydrogens (tertiary/aromatic N) is 2. The second-order valence-corrected chi connectivity index (χ2v) is 3.80. The van der Waals surface area contributed by atoms with Crippen LogP contribution in [0.15, 0.2) is 36.5 Å². The van der Waals surface area contributed by atoms with Crippen molar-refractivity contribution in [3.8, 4) is 0 Å². The highest BCUT2D eigenvalue weighted by molar-refractivity contribution is 5.40. The molecule has 0 saturated heterocycles. The van der Waals surface area contributed by atoms with Gasteiger partial charge in [0.2, 0.25) is 0 Å². The maximum absolute atomic E-state index is 4.19. The molecule has 1 N–H and O–H groups in total. The van der Waals surface area contributed by atoms with Gasteiger partial charge < -0.3 is 0 Å². The van der Waals surface area contributed by atoms with E-state index in [1.807, 2.05) is 12.3 Å². The highest BCUT2D eigenvalue weighted by Crippen LogP contribution is 2.52. The summed E-state index contributed by atoms with van der Waals surface area (Å²) in [6.45, 7) is 0. The SMILES string of the molecule is c1ccc(C2(c3cn[nH]n3)CC2)cc1. The summed E-state index contributed by atoms with van der Waals surface area (Å²) in [5.41, 5.74) is 2.59. The first-order valence-electron chi connectivity index (χ1n) is 4.84. The Morgan fingerprint density at radius 3 is 2.50 bits per heavy atom.